The number of esters is 2. The zero-order valence-corrected chi connectivity index (χ0v) is 22.1. The molecule has 0 amide bonds. The number of carbonyl (C=O) groups is 3. The molecule has 2 aromatic carbocycles. The standard InChI is InChI=1S/C30H33NO6/c1-18-7-11-23(12-8-18)27(24-13-9-19(2)10-14-24)21(4)36-30(34)20(3)17-25(33)28-29(37-22(5)32)26(35-6)15-16-31-28/h7-16,20-21,27H,17H2,1-6H3/t20-,21+/m1/s1. The molecule has 0 radical (unpaired) electrons. The maximum atomic E-state index is 13.1. The molecule has 1 heterocycles. The van der Waals surface area contributed by atoms with Crippen molar-refractivity contribution >= 4 is 17.7 Å². The molecule has 194 valence electrons. The second-order valence-corrected chi connectivity index (χ2v) is 9.25. The lowest BCUT2D eigenvalue weighted by Crippen LogP contribution is -2.28. The zero-order chi connectivity index (χ0) is 27.1. The number of ether oxygens (including phenoxy) is 3. The van der Waals surface area contributed by atoms with Crippen LogP contribution in [0.25, 0.3) is 0 Å². The number of aryl methyl sites for hydroxylation is 2. The van der Waals surface area contributed by atoms with E-state index >= 15 is 0 Å². The summed E-state index contributed by atoms with van der Waals surface area (Å²) in [6.07, 6.45) is 0.736. The van der Waals surface area contributed by atoms with E-state index in [0.717, 1.165) is 22.3 Å². The minimum absolute atomic E-state index is 0.0600. The molecule has 0 aliphatic heterocycles. The van der Waals surface area contributed by atoms with Gasteiger partial charge in [0.05, 0.1) is 13.0 Å². The fraction of sp³-hybridized carbons (Fsp3) is 0.333. The molecule has 0 spiro atoms. The van der Waals surface area contributed by atoms with Crippen molar-refractivity contribution in [2.75, 3.05) is 7.11 Å². The second-order valence-electron chi connectivity index (χ2n) is 9.25. The van der Waals surface area contributed by atoms with Crippen LogP contribution < -0.4 is 9.47 Å². The van der Waals surface area contributed by atoms with E-state index in [1.807, 2.05) is 69.3 Å². The van der Waals surface area contributed by atoms with Crippen molar-refractivity contribution in [1.29, 1.82) is 0 Å². The van der Waals surface area contributed by atoms with Gasteiger partial charge in [-0.3, -0.25) is 14.4 Å². The number of Topliss-reactive ketones (excluding diaryl/α,β-unsaturated/α-hetero) is 1. The van der Waals surface area contributed by atoms with E-state index in [0.29, 0.717) is 0 Å². The fourth-order valence-corrected chi connectivity index (χ4v) is 4.14. The van der Waals surface area contributed by atoms with Gasteiger partial charge in [0.15, 0.2) is 17.2 Å². The molecule has 7 nitrogen and oxygen atoms in total. The van der Waals surface area contributed by atoms with Crippen LogP contribution in [-0.2, 0) is 14.3 Å². The van der Waals surface area contributed by atoms with E-state index in [9.17, 15) is 14.4 Å². The summed E-state index contributed by atoms with van der Waals surface area (Å²) in [5.41, 5.74) is 4.28. The normalized spacial score (nSPS) is 12.5. The first kappa shape index (κ1) is 27.6. The number of carbonyl (C=O) groups excluding carboxylic acids is 3. The molecular weight excluding hydrogens is 470 g/mol. The summed E-state index contributed by atoms with van der Waals surface area (Å²) in [5, 5.41) is 0. The monoisotopic (exact) mass is 503 g/mol. The summed E-state index contributed by atoms with van der Waals surface area (Å²) in [6, 6.07) is 17.8. The van der Waals surface area contributed by atoms with Gasteiger partial charge in [-0.15, -0.1) is 0 Å². The van der Waals surface area contributed by atoms with Gasteiger partial charge in [-0.2, -0.15) is 0 Å². The highest BCUT2D eigenvalue weighted by Crippen LogP contribution is 2.33. The summed E-state index contributed by atoms with van der Waals surface area (Å²) in [5.74, 6) is -2.34. The Balaban J connectivity index is 1.78. The highest BCUT2D eigenvalue weighted by Gasteiger charge is 2.29. The minimum Gasteiger partial charge on any atom is -0.493 e. The van der Waals surface area contributed by atoms with Crippen molar-refractivity contribution in [1.82, 2.24) is 4.98 Å². The first-order chi connectivity index (χ1) is 17.6. The van der Waals surface area contributed by atoms with E-state index in [2.05, 4.69) is 4.98 Å². The van der Waals surface area contributed by atoms with E-state index in [4.69, 9.17) is 14.2 Å². The molecule has 0 bridgehead atoms. The van der Waals surface area contributed by atoms with Gasteiger partial charge in [0, 0.05) is 31.5 Å². The lowest BCUT2D eigenvalue weighted by atomic mass is 9.86. The van der Waals surface area contributed by atoms with Crippen LogP contribution in [-0.4, -0.2) is 35.9 Å². The number of pyridine rings is 1. The summed E-state index contributed by atoms with van der Waals surface area (Å²) in [4.78, 5) is 41.7. The van der Waals surface area contributed by atoms with Gasteiger partial charge in [-0.1, -0.05) is 66.6 Å². The number of benzene rings is 2. The van der Waals surface area contributed by atoms with Crippen molar-refractivity contribution in [3.63, 3.8) is 0 Å². The summed E-state index contributed by atoms with van der Waals surface area (Å²) in [7, 11) is 1.40. The largest absolute Gasteiger partial charge is 0.493 e. The maximum Gasteiger partial charge on any atom is 0.309 e. The Hall–Kier alpha value is -4.00. The summed E-state index contributed by atoms with van der Waals surface area (Å²) < 4.78 is 16.3. The first-order valence-corrected chi connectivity index (χ1v) is 12.2. The van der Waals surface area contributed by atoms with Crippen LogP contribution in [0.3, 0.4) is 0 Å². The Morgan fingerprint density at radius 1 is 0.865 bits per heavy atom. The van der Waals surface area contributed by atoms with Crippen molar-refractivity contribution in [3.8, 4) is 11.5 Å². The first-order valence-electron chi connectivity index (χ1n) is 12.2. The average molecular weight is 504 g/mol. The molecule has 1 aromatic heterocycles. The highest BCUT2D eigenvalue weighted by atomic mass is 16.6. The van der Waals surface area contributed by atoms with E-state index in [1.54, 1.807) is 6.92 Å². The van der Waals surface area contributed by atoms with Crippen molar-refractivity contribution in [2.45, 2.75) is 53.1 Å². The molecule has 3 rings (SSSR count). The quantitative estimate of drug-likeness (QED) is 0.262. The van der Waals surface area contributed by atoms with Gasteiger partial charge >= 0.3 is 11.9 Å². The maximum absolute atomic E-state index is 13.1. The smallest absolute Gasteiger partial charge is 0.309 e. The highest BCUT2D eigenvalue weighted by molar-refractivity contribution is 5.99. The number of nitrogens with zero attached hydrogens (tertiary/aromatic N) is 1. The molecule has 0 saturated carbocycles. The van der Waals surface area contributed by atoms with Gasteiger partial charge in [0.25, 0.3) is 0 Å². The molecule has 37 heavy (non-hydrogen) atoms. The fourth-order valence-electron chi connectivity index (χ4n) is 4.14. The van der Waals surface area contributed by atoms with Crippen LogP contribution in [0.5, 0.6) is 11.5 Å². The van der Waals surface area contributed by atoms with Crippen LogP contribution >= 0.6 is 0 Å². The van der Waals surface area contributed by atoms with Crippen LogP contribution in [0, 0.1) is 19.8 Å². The predicted octanol–water partition coefficient (Wildman–Crippen LogP) is 5.61. The average Bonchev–Trinajstić information content (AvgIpc) is 2.86. The van der Waals surface area contributed by atoms with Crippen LogP contribution in [0.4, 0.5) is 0 Å². The molecule has 0 aliphatic rings. The summed E-state index contributed by atoms with van der Waals surface area (Å²) >= 11 is 0. The number of aromatic nitrogens is 1. The number of hydrogen-bond acceptors (Lipinski definition) is 7. The zero-order valence-electron chi connectivity index (χ0n) is 22.1. The van der Waals surface area contributed by atoms with Crippen LogP contribution in [0.1, 0.15) is 65.9 Å². The minimum atomic E-state index is -0.746. The van der Waals surface area contributed by atoms with Gasteiger partial charge in [-0.05, 0) is 31.9 Å². The Morgan fingerprint density at radius 2 is 1.41 bits per heavy atom. The molecule has 3 aromatic rings. The van der Waals surface area contributed by atoms with Crippen molar-refractivity contribution in [3.05, 3.63) is 88.7 Å². The predicted molar refractivity (Wildman–Crippen MR) is 140 cm³/mol. The third-order valence-electron chi connectivity index (χ3n) is 6.14. The van der Waals surface area contributed by atoms with E-state index < -0.39 is 29.7 Å². The number of hydrogen-bond donors (Lipinski definition) is 0. The van der Waals surface area contributed by atoms with Gasteiger partial charge in [0.2, 0.25) is 5.75 Å². The molecule has 7 heteroatoms. The number of methoxy groups -OCH3 is 1. The molecule has 0 fully saturated rings. The molecule has 0 unspecified atom stereocenters. The SMILES string of the molecule is COc1ccnc(C(=O)C[C@@H](C)C(=O)O[C@@H](C)C(c2ccc(C)cc2)c2ccc(C)cc2)c1OC(C)=O. The van der Waals surface area contributed by atoms with Crippen molar-refractivity contribution in [2.24, 2.45) is 5.92 Å². The Bertz CT molecular complexity index is 1200. The van der Waals surface area contributed by atoms with E-state index in [1.165, 1.54) is 26.3 Å². The lowest BCUT2D eigenvalue weighted by Gasteiger charge is -2.26. The Kier molecular flexibility index (Phi) is 9.17. The van der Waals surface area contributed by atoms with Crippen molar-refractivity contribution < 1.29 is 28.6 Å². The molecule has 0 saturated heterocycles. The third-order valence-corrected chi connectivity index (χ3v) is 6.14. The van der Waals surface area contributed by atoms with Gasteiger partial charge in [-0.25, -0.2) is 4.98 Å². The second kappa shape index (κ2) is 12.3. The molecule has 0 aliphatic carbocycles. The van der Waals surface area contributed by atoms with Crippen LogP contribution in [0.15, 0.2) is 60.8 Å². The molecule has 2 atom stereocenters. The lowest BCUT2D eigenvalue weighted by molar-refractivity contribution is -0.153. The number of ketones is 1. The van der Waals surface area contributed by atoms with E-state index in [-0.39, 0.29) is 29.5 Å². The molecule has 0 N–H and O–H groups in total. The van der Waals surface area contributed by atoms with Gasteiger partial charge in [0.1, 0.15) is 6.10 Å². The number of rotatable bonds is 10. The summed E-state index contributed by atoms with van der Waals surface area (Å²) in [6.45, 7) is 8.76. The topological polar surface area (TPSA) is 91.8 Å². The Labute approximate surface area is 217 Å². The van der Waals surface area contributed by atoms with Gasteiger partial charge < -0.3 is 14.2 Å². The third kappa shape index (κ3) is 7.03. The Morgan fingerprint density at radius 3 is 1.89 bits per heavy atom. The molecular formula is C30H33NO6. The van der Waals surface area contributed by atoms with Crippen LogP contribution in [0.2, 0.25) is 0 Å².